The lowest BCUT2D eigenvalue weighted by atomic mass is 10.0. The van der Waals surface area contributed by atoms with Crippen LogP contribution in [0, 0.1) is 24.2 Å². The summed E-state index contributed by atoms with van der Waals surface area (Å²) in [5.74, 6) is 10.5. The Morgan fingerprint density at radius 1 is 1.02 bits per heavy atom. The fourth-order valence-electron chi connectivity index (χ4n) is 5.18. The quantitative estimate of drug-likeness (QED) is 0.183. The van der Waals surface area contributed by atoms with E-state index in [1.54, 1.807) is 12.4 Å². The van der Waals surface area contributed by atoms with Crippen molar-refractivity contribution >= 4 is 11.6 Å². The predicted molar refractivity (Wildman–Crippen MR) is 174 cm³/mol. The molecule has 2 aromatic carbocycles. The molecule has 6 N–H and O–H groups in total. The van der Waals surface area contributed by atoms with Crippen LogP contribution in [0.15, 0.2) is 84.6 Å². The highest BCUT2D eigenvalue weighted by Crippen LogP contribution is 2.29. The fourth-order valence-corrected chi connectivity index (χ4v) is 5.18. The van der Waals surface area contributed by atoms with Crippen LogP contribution < -0.4 is 26.8 Å². The normalized spacial score (nSPS) is 16.5. The predicted octanol–water partition coefficient (Wildman–Crippen LogP) is 4.59. The van der Waals surface area contributed by atoms with Crippen molar-refractivity contribution in [2.24, 2.45) is 17.2 Å². The summed E-state index contributed by atoms with van der Waals surface area (Å²) in [5.41, 5.74) is 23.0. The fraction of sp³-hybridized carbons (Fsp3) is 0.314. The van der Waals surface area contributed by atoms with Crippen molar-refractivity contribution in [3.8, 4) is 29.9 Å². The van der Waals surface area contributed by atoms with E-state index in [0.717, 1.165) is 42.4 Å². The molecule has 0 bridgehead atoms. The molecule has 8 nitrogen and oxygen atoms in total. The molecule has 0 saturated carbocycles. The number of aromatic nitrogens is 2. The van der Waals surface area contributed by atoms with Gasteiger partial charge in [0.2, 0.25) is 5.95 Å². The number of hydrogen-bond donors (Lipinski definition) is 3. The van der Waals surface area contributed by atoms with E-state index in [0.29, 0.717) is 42.8 Å². The molecule has 2 unspecified atom stereocenters. The first kappa shape index (κ1) is 30.9. The maximum absolute atomic E-state index is 6.66. The Balaban J connectivity index is 1.50. The van der Waals surface area contributed by atoms with E-state index in [4.69, 9.17) is 28.4 Å². The summed E-state index contributed by atoms with van der Waals surface area (Å²) in [4.78, 5) is 13.8. The highest BCUT2D eigenvalue weighted by molar-refractivity contribution is 5.70. The highest BCUT2D eigenvalue weighted by atomic mass is 16.5. The van der Waals surface area contributed by atoms with Crippen LogP contribution in [0.3, 0.4) is 0 Å². The molecule has 222 valence electrons. The van der Waals surface area contributed by atoms with Crippen LogP contribution in [0.25, 0.3) is 5.70 Å². The summed E-state index contributed by atoms with van der Waals surface area (Å²) < 4.78 is 6.14. The van der Waals surface area contributed by atoms with Crippen molar-refractivity contribution in [3.63, 3.8) is 0 Å². The summed E-state index contributed by atoms with van der Waals surface area (Å²) >= 11 is 0. The van der Waals surface area contributed by atoms with Gasteiger partial charge in [-0.2, -0.15) is 0 Å². The Hall–Kier alpha value is -5.08. The number of nitrogens with two attached hydrogens (primary N) is 3. The van der Waals surface area contributed by atoms with E-state index in [9.17, 15) is 0 Å². The molecule has 2 atom stereocenters. The summed E-state index contributed by atoms with van der Waals surface area (Å²) in [6.45, 7) is 6.10. The molecular formula is C35H41N7O. The number of hydrogen-bond acceptors (Lipinski definition) is 8. The number of para-hydroxylation sites is 1. The topological polar surface area (TPSA) is 120 Å². The van der Waals surface area contributed by atoms with E-state index in [2.05, 4.69) is 51.4 Å². The molecule has 1 fully saturated rings. The molecule has 0 spiro atoms. The maximum atomic E-state index is 6.66. The van der Waals surface area contributed by atoms with Crippen molar-refractivity contribution in [3.05, 3.63) is 101 Å². The summed E-state index contributed by atoms with van der Waals surface area (Å²) in [6, 6.07) is 18.0. The first-order chi connectivity index (χ1) is 20.9. The second-order valence-electron chi connectivity index (χ2n) is 10.6. The summed E-state index contributed by atoms with van der Waals surface area (Å²) in [7, 11) is 0. The minimum absolute atomic E-state index is 0.0878. The van der Waals surface area contributed by atoms with Gasteiger partial charge in [0.15, 0.2) is 0 Å². The van der Waals surface area contributed by atoms with Crippen LogP contribution in [0.1, 0.15) is 56.2 Å². The molecule has 1 aliphatic rings. The van der Waals surface area contributed by atoms with Crippen LogP contribution in [0.2, 0.25) is 0 Å². The molecule has 1 aliphatic heterocycles. The van der Waals surface area contributed by atoms with Gasteiger partial charge in [0.1, 0.15) is 18.2 Å². The zero-order valence-electron chi connectivity index (χ0n) is 25.0. The van der Waals surface area contributed by atoms with E-state index < -0.39 is 0 Å². The lowest BCUT2D eigenvalue weighted by Gasteiger charge is -2.46. The maximum Gasteiger partial charge on any atom is 0.225 e. The first-order valence-corrected chi connectivity index (χ1v) is 14.7. The van der Waals surface area contributed by atoms with E-state index >= 15 is 0 Å². The van der Waals surface area contributed by atoms with Crippen molar-refractivity contribution < 1.29 is 4.74 Å². The monoisotopic (exact) mass is 575 g/mol. The number of rotatable bonds is 10. The molecule has 1 aromatic heterocycles. The largest absolute Gasteiger partial charge is 0.488 e. The average molecular weight is 576 g/mol. The smallest absolute Gasteiger partial charge is 0.225 e. The number of ether oxygens (including phenoxy) is 1. The Kier molecular flexibility index (Phi) is 10.9. The van der Waals surface area contributed by atoms with Gasteiger partial charge in [-0.25, -0.2) is 9.97 Å². The number of terminal acetylenes is 1. The van der Waals surface area contributed by atoms with Crippen LogP contribution in [-0.2, 0) is 6.61 Å². The van der Waals surface area contributed by atoms with Crippen molar-refractivity contribution in [1.82, 2.24) is 14.9 Å². The minimum Gasteiger partial charge on any atom is -0.488 e. The zero-order valence-corrected chi connectivity index (χ0v) is 25.0. The molecule has 8 heteroatoms. The molecule has 0 amide bonds. The third kappa shape index (κ3) is 8.24. The van der Waals surface area contributed by atoms with Crippen LogP contribution in [0.5, 0.6) is 5.75 Å². The lowest BCUT2D eigenvalue weighted by molar-refractivity contribution is 0.238. The molecule has 2 heterocycles. The third-order valence-electron chi connectivity index (χ3n) is 7.34. The first-order valence-electron chi connectivity index (χ1n) is 14.7. The second kappa shape index (κ2) is 15.2. The summed E-state index contributed by atoms with van der Waals surface area (Å²) in [6.07, 6.45) is 14.0. The van der Waals surface area contributed by atoms with Crippen LogP contribution in [-0.4, -0.2) is 40.0 Å². The number of unbranched alkanes of at least 4 members (excludes halogenated alkanes) is 2. The van der Waals surface area contributed by atoms with Crippen molar-refractivity contribution in [2.75, 3.05) is 18.0 Å². The third-order valence-corrected chi connectivity index (χ3v) is 7.34. The van der Waals surface area contributed by atoms with E-state index in [1.165, 1.54) is 0 Å². The molecule has 0 aliphatic carbocycles. The van der Waals surface area contributed by atoms with Gasteiger partial charge in [0.25, 0.3) is 0 Å². The standard InChI is InChI=1S/C35H41N7O/c1-4-6-7-8-10-17-28-21-39-35(40-22-28)42-26(3)23-41(24-29(42)5-2)32(34(37)38)20-31(36)30-18-13-14-19-33(30)43-25-27-15-11-9-12-16-27/h1,9,11-16,18-22,26,29H,5-8,23-25,36-38H2,2-3H3/b31-20-. The van der Waals surface area contributed by atoms with E-state index in [1.807, 2.05) is 60.7 Å². The average Bonchev–Trinajstić information content (AvgIpc) is 3.03. The van der Waals surface area contributed by atoms with Gasteiger partial charge in [-0.15, -0.1) is 12.3 Å². The molecule has 43 heavy (non-hydrogen) atoms. The van der Waals surface area contributed by atoms with Crippen LogP contribution >= 0.6 is 0 Å². The van der Waals surface area contributed by atoms with Crippen molar-refractivity contribution in [2.45, 2.75) is 58.2 Å². The van der Waals surface area contributed by atoms with Gasteiger partial charge in [0.05, 0.1) is 11.3 Å². The van der Waals surface area contributed by atoms with Gasteiger partial charge in [-0.05, 0) is 43.5 Å². The Morgan fingerprint density at radius 2 is 1.74 bits per heavy atom. The molecule has 0 radical (unpaired) electrons. The van der Waals surface area contributed by atoms with Gasteiger partial charge in [0, 0.05) is 61.7 Å². The van der Waals surface area contributed by atoms with Crippen molar-refractivity contribution in [1.29, 1.82) is 0 Å². The van der Waals surface area contributed by atoms with E-state index in [-0.39, 0.29) is 17.9 Å². The summed E-state index contributed by atoms with van der Waals surface area (Å²) in [5, 5.41) is 0. The second-order valence-corrected chi connectivity index (χ2v) is 10.6. The Bertz CT molecular complexity index is 1510. The Morgan fingerprint density at radius 3 is 2.44 bits per heavy atom. The number of benzene rings is 2. The zero-order chi connectivity index (χ0) is 30.6. The minimum atomic E-state index is 0.0878. The lowest BCUT2D eigenvalue weighted by Crippen LogP contribution is -2.58. The SMILES string of the molecule is C#CCCCC#Cc1cnc(N2C(C)CN(C(/C=C(\N)c3ccccc3OCc3ccccc3)=C(N)N)CC2CC)nc1. The Labute approximate surface area is 255 Å². The number of nitrogens with zero attached hydrogens (tertiary/aromatic N) is 4. The number of piperazine rings is 1. The number of anilines is 1. The van der Waals surface area contributed by atoms with Gasteiger partial charge >= 0.3 is 0 Å². The van der Waals surface area contributed by atoms with Gasteiger partial charge in [-0.3, -0.25) is 0 Å². The number of allylic oxidation sites excluding steroid dienone is 1. The van der Waals surface area contributed by atoms with Crippen LogP contribution in [0.4, 0.5) is 5.95 Å². The van der Waals surface area contributed by atoms with Gasteiger partial charge in [-0.1, -0.05) is 61.2 Å². The molecular weight excluding hydrogens is 534 g/mol. The molecule has 1 saturated heterocycles. The molecule has 4 rings (SSSR count). The molecule has 3 aromatic rings. The van der Waals surface area contributed by atoms with Gasteiger partial charge < -0.3 is 31.7 Å². The highest BCUT2D eigenvalue weighted by Gasteiger charge is 2.34.